The molecule has 7 heteroatoms. The van der Waals surface area contributed by atoms with Crippen molar-refractivity contribution in [3.63, 3.8) is 0 Å². The van der Waals surface area contributed by atoms with Crippen LogP contribution in [-0.4, -0.2) is 54.2 Å². The molecule has 2 aromatic carbocycles. The van der Waals surface area contributed by atoms with E-state index < -0.39 is 22.9 Å². The number of carbonyl (C=O) groups is 3. The second-order valence-corrected chi connectivity index (χ2v) is 10.5. The summed E-state index contributed by atoms with van der Waals surface area (Å²) in [6.45, 7) is 6.66. The van der Waals surface area contributed by atoms with Gasteiger partial charge in [-0.1, -0.05) is 62.4 Å². The van der Waals surface area contributed by atoms with Crippen molar-refractivity contribution in [2.24, 2.45) is 10.8 Å². The van der Waals surface area contributed by atoms with Crippen molar-refractivity contribution >= 4 is 18.0 Å². The topological polar surface area (TPSA) is 95.9 Å². The van der Waals surface area contributed by atoms with Crippen LogP contribution in [0.5, 0.6) is 0 Å². The molecule has 0 saturated carbocycles. The number of fused-ring (bicyclic) bond motifs is 3. The summed E-state index contributed by atoms with van der Waals surface area (Å²) in [4.78, 5) is 38.3. The Kier molecular flexibility index (Phi) is 6.39. The molecule has 1 fully saturated rings. The van der Waals surface area contributed by atoms with Crippen molar-refractivity contribution in [1.82, 2.24) is 10.2 Å². The zero-order valence-corrected chi connectivity index (χ0v) is 20.0. The number of carbonyl (C=O) groups excluding carboxylic acids is 2. The number of nitrogens with one attached hydrogen (secondary N) is 1. The first-order chi connectivity index (χ1) is 16.1. The maximum absolute atomic E-state index is 12.7. The van der Waals surface area contributed by atoms with E-state index in [1.54, 1.807) is 11.8 Å². The monoisotopic (exact) mass is 464 g/mol. The zero-order chi connectivity index (χ0) is 24.5. The Hall–Kier alpha value is -3.35. The van der Waals surface area contributed by atoms with E-state index in [4.69, 9.17) is 4.74 Å². The molecule has 1 atom stereocenters. The summed E-state index contributed by atoms with van der Waals surface area (Å²) in [5, 5.41) is 12.2. The molecule has 180 valence electrons. The highest BCUT2D eigenvalue weighted by molar-refractivity contribution is 5.81. The first kappa shape index (κ1) is 23.8. The maximum atomic E-state index is 12.7. The largest absolute Gasteiger partial charge is 0.481 e. The Morgan fingerprint density at radius 3 is 2.24 bits per heavy atom. The van der Waals surface area contributed by atoms with Crippen molar-refractivity contribution in [2.45, 2.75) is 39.5 Å². The number of ether oxygens (including phenoxy) is 1. The van der Waals surface area contributed by atoms with Crippen LogP contribution in [0.3, 0.4) is 0 Å². The van der Waals surface area contributed by atoms with Crippen LogP contribution in [0.4, 0.5) is 4.79 Å². The van der Waals surface area contributed by atoms with Gasteiger partial charge in [0, 0.05) is 32.0 Å². The third-order valence-corrected chi connectivity index (χ3v) is 7.03. The van der Waals surface area contributed by atoms with Crippen LogP contribution in [0, 0.1) is 10.8 Å². The number of benzene rings is 2. The number of hydrogen-bond donors (Lipinski definition) is 2. The Morgan fingerprint density at radius 2 is 1.68 bits per heavy atom. The van der Waals surface area contributed by atoms with Crippen molar-refractivity contribution in [1.29, 1.82) is 0 Å². The van der Waals surface area contributed by atoms with Gasteiger partial charge in [0.15, 0.2) is 0 Å². The van der Waals surface area contributed by atoms with Crippen LogP contribution in [0.1, 0.15) is 50.7 Å². The fourth-order valence-electron chi connectivity index (χ4n) is 4.89. The molecule has 2 amide bonds. The minimum Gasteiger partial charge on any atom is -0.481 e. The van der Waals surface area contributed by atoms with E-state index in [0.717, 1.165) is 11.1 Å². The molecule has 1 saturated heterocycles. The molecule has 34 heavy (non-hydrogen) atoms. The van der Waals surface area contributed by atoms with Gasteiger partial charge in [-0.05, 0) is 41.0 Å². The molecular formula is C27H32N2O5. The molecule has 0 spiro atoms. The van der Waals surface area contributed by atoms with Crippen LogP contribution >= 0.6 is 0 Å². The Morgan fingerprint density at radius 1 is 1.09 bits per heavy atom. The first-order valence-corrected chi connectivity index (χ1v) is 11.7. The lowest BCUT2D eigenvalue weighted by Crippen LogP contribution is -2.40. The van der Waals surface area contributed by atoms with Gasteiger partial charge >= 0.3 is 12.1 Å². The van der Waals surface area contributed by atoms with Crippen LogP contribution < -0.4 is 5.32 Å². The second kappa shape index (κ2) is 9.12. The molecule has 0 aromatic heterocycles. The highest BCUT2D eigenvalue weighted by Crippen LogP contribution is 2.44. The predicted octanol–water partition coefficient (Wildman–Crippen LogP) is 4.26. The van der Waals surface area contributed by atoms with Crippen molar-refractivity contribution in [2.75, 3.05) is 26.2 Å². The number of carboxylic acids is 1. The Labute approximate surface area is 200 Å². The van der Waals surface area contributed by atoms with E-state index in [1.807, 2.05) is 38.1 Å². The first-order valence-electron chi connectivity index (χ1n) is 11.7. The number of hydrogen-bond acceptors (Lipinski definition) is 4. The SMILES string of the molecule is CC(C)(CNC(=O)OCC1c2ccccc2-c2ccccc21)CC(=O)N1CCC(C)(C(=O)O)C1. The van der Waals surface area contributed by atoms with Crippen LogP contribution in [-0.2, 0) is 14.3 Å². The lowest BCUT2D eigenvalue weighted by molar-refractivity contribution is -0.147. The molecule has 2 N–H and O–H groups in total. The predicted molar refractivity (Wildman–Crippen MR) is 128 cm³/mol. The van der Waals surface area contributed by atoms with Gasteiger partial charge in [-0.3, -0.25) is 9.59 Å². The highest BCUT2D eigenvalue weighted by atomic mass is 16.5. The fourth-order valence-corrected chi connectivity index (χ4v) is 4.89. The summed E-state index contributed by atoms with van der Waals surface area (Å²) in [6, 6.07) is 16.3. The molecule has 4 rings (SSSR count). The standard InChI is InChI=1S/C27H32N2O5/c1-26(2,14-23(30)29-13-12-27(3,17-29)24(31)32)16-28-25(33)34-15-22-20-10-6-4-8-18(20)19-9-5-7-11-21(19)22/h4-11,22H,12-17H2,1-3H3,(H,28,33)(H,31,32). The van der Waals surface area contributed by atoms with E-state index in [-0.39, 0.29) is 37.9 Å². The summed E-state index contributed by atoms with van der Waals surface area (Å²) in [7, 11) is 0. The fraction of sp³-hybridized carbons (Fsp3) is 0.444. The summed E-state index contributed by atoms with van der Waals surface area (Å²) in [6.07, 6.45) is 0.154. The van der Waals surface area contributed by atoms with Crippen LogP contribution in [0.2, 0.25) is 0 Å². The Bertz CT molecular complexity index is 1070. The van der Waals surface area contributed by atoms with Crippen LogP contribution in [0.25, 0.3) is 11.1 Å². The quantitative estimate of drug-likeness (QED) is 0.638. The number of aliphatic carboxylic acids is 1. The van der Waals surface area contributed by atoms with Gasteiger partial charge in [-0.25, -0.2) is 4.79 Å². The highest BCUT2D eigenvalue weighted by Gasteiger charge is 2.42. The molecule has 1 aliphatic carbocycles. The van der Waals surface area contributed by atoms with Gasteiger partial charge < -0.3 is 20.1 Å². The van der Waals surface area contributed by atoms with Crippen molar-refractivity contribution in [3.8, 4) is 11.1 Å². The van der Waals surface area contributed by atoms with Gasteiger partial charge in [0.2, 0.25) is 5.91 Å². The number of rotatable bonds is 7. The number of likely N-dealkylation sites (tertiary alicyclic amines) is 1. The van der Waals surface area contributed by atoms with Crippen molar-refractivity contribution in [3.05, 3.63) is 59.7 Å². The number of nitrogens with zero attached hydrogens (tertiary/aromatic N) is 1. The van der Waals surface area contributed by atoms with Gasteiger partial charge in [0.1, 0.15) is 6.61 Å². The second-order valence-electron chi connectivity index (χ2n) is 10.5. The molecule has 0 bridgehead atoms. The lowest BCUT2D eigenvalue weighted by atomic mass is 9.88. The third kappa shape index (κ3) is 4.79. The number of alkyl carbamates (subject to hydrolysis) is 1. The Balaban J connectivity index is 1.29. The van der Waals surface area contributed by atoms with Crippen LogP contribution in [0.15, 0.2) is 48.5 Å². The van der Waals surface area contributed by atoms with Gasteiger partial charge in [0.25, 0.3) is 0 Å². The van der Waals surface area contributed by atoms with E-state index >= 15 is 0 Å². The molecule has 7 nitrogen and oxygen atoms in total. The molecular weight excluding hydrogens is 432 g/mol. The molecule has 2 aliphatic rings. The average Bonchev–Trinajstić information content (AvgIpc) is 3.36. The molecule has 1 unspecified atom stereocenters. The van der Waals surface area contributed by atoms with E-state index in [0.29, 0.717) is 13.0 Å². The lowest BCUT2D eigenvalue weighted by Gasteiger charge is -2.28. The minimum atomic E-state index is -0.890. The van der Waals surface area contributed by atoms with Gasteiger partial charge in [-0.15, -0.1) is 0 Å². The summed E-state index contributed by atoms with van der Waals surface area (Å²) in [5.74, 6) is -0.977. The molecule has 2 aromatic rings. The zero-order valence-electron chi connectivity index (χ0n) is 20.0. The maximum Gasteiger partial charge on any atom is 0.407 e. The normalized spacial score (nSPS) is 19.4. The summed E-state index contributed by atoms with van der Waals surface area (Å²) < 4.78 is 5.58. The van der Waals surface area contributed by atoms with Crippen molar-refractivity contribution < 1.29 is 24.2 Å². The van der Waals surface area contributed by atoms with E-state index in [1.165, 1.54) is 11.1 Å². The average molecular weight is 465 g/mol. The molecule has 1 aliphatic heterocycles. The van der Waals surface area contributed by atoms with Gasteiger partial charge in [-0.2, -0.15) is 0 Å². The summed E-state index contributed by atoms with van der Waals surface area (Å²) in [5.41, 5.74) is 3.27. The molecule has 0 radical (unpaired) electrons. The smallest absolute Gasteiger partial charge is 0.407 e. The number of amides is 2. The van der Waals surface area contributed by atoms with Gasteiger partial charge in [0.05, 0.1) is 5.41 Å². The minimum absolute atomic E-state index is 0.00792. The number of carboxylic acid groups (broad SMARTS) is 1. The van der Waals surface area contributed by atoms with E-state index in [2.05, 4.69) is 29.6 Å². The summed E-state index contributed by atoms with van der Waals surface area (Å²) >= 11 is 0. The third-order valence-electron chi connectivity index (χ3n) is 7.03. The van der Waals surface area contributed by atoms with E-state index in [9.17, 15) is 19.5 Å². The molecule has 1 heterocycles.